The van der Waals surface area contributed by atoms with Crippen molar-refractivity contribution in [3.05, 3.63) is 53.2 Å². The van der Waals surface area contributed by atoms with Crippen LogP contribution in [0.5, 0.6) is 0 Å². The SMILES string of the molecule is Cc1ccc(C(=O)Nc2nn(C)c3c2sc2nc(C)ccc23)cc1. The minimum Gasteiger partial charge on any atom is -0.304 e. The summed E-state index contributed by atoms with van der Waals surface area (Å²) in [5.74, 6) is 0.426. The molecule has 6 heteroatoms. The van der Waals surface area contributed by atoms with E-state index in [9.17, 15) is 4.79 Å². The molecule has 0 fully saturated rings. The molecule has 0 atom stereocenters. The minimum atomic E-state index is -0.156. The highest BCUT2D eigenvalue weighted by atomic mass is 32.1. The number of thiophene rings is 1. The molecule has 120 valence electrons. The van der Waals surface area contributed by atoms with Crippen LogP contribution < -0.4 is 5.32 Å². The lowest BCUT2D eigenvalue weighted by molar-refractivity contribution is 0.102. The number of carbonyl (C=O) groups is 1. The quantitative estimate of drug-likeness (QED) is 0.601. The van der Waals surface area contributed by atoms with E-state index in [2.05, 4.69) is 21.5 Å². The molecule has 0 radical (unpaired) electrons. The van der Waals surface area contributed by atoms with Crippen molar-refractivity contribution in [3.8, 4) is 0 Å². The largest absolute Gasteiger partial charge is 0.304 e. The van der Waals surface area contributed by atoms with Crippen LogP contribution in [0, 0.1) is 13.8 Å². The van der Waals surface area contributed by atoms with Gasteiger partial charge in [-0.05, 0) is 38.1 Å². The van der Waals surface area contributed by atoms with E-state index in [1.54, 1.807) is 16.0 Å². The Labute approximate surface area is 142 Å². The molecule has 0 aliphatic rings. The number of nitrogens with zero attached hydrogens (tertiary/aromatic N) is 3. The highest BCUT2D eigenvalue weighted by Crippen LogP contribution is 2.37. The number of aromatic nitrogens is 3. The van der Waals surface area contributed by atoms with E-state index in [0.29, 0.717) is 11.4 Å². The topological polar surface area (TPSA) is 59.8 Å². The van der Waals surface area contributed by atoms with Crippen LogP contribution in [0.15, 0.2) is 36.4 Å². The predicted molar refractivity (Wildman–Crippen MR) is 97.8 cm³/mol. The Morgan fingerprint density at radius 1 is 1.12 bits per heavy atom. The Balaban J connectivity index is 1.78. The van der Waals surface area contributed by atoms with Gasteiger partial charge in [0.05, 0.1) is 10.2 Å². The number of pyridine rings is 1. The number of aryl methyl sites for hydroxylation is 3. The summed E-state index contributed by atoms with van der Waals surface area (Å²) in [6.45, 7) is 3.97. The molecule has 0 spiro atoms. The number of rotatable bonds is 2. The van der Waals surface area contributed by atoms with Gasteiger partial charge in [-0.15, -0.1) is 11.3 Å². The molecular weight excluding hydrogens is 320 g/mol. The highest BCUT2D eigenvalue weighted by molar-refractivity contribution is 7.26. The van der Waals surface area contributed by atoms with E-state index >= 15 is 0 Å². The van der Waals surface area contributed by atoms with Crippen molar-refractivity contribution in [2.45, 2.75) is 13.8 Å². The second-order valence-electron chi connectivity index (χ2n) is 5.88. The third kappa shape index (κ3) is 2.35. The lowest BCUT2D eigenvalue weighted by Crippen LogP contribution is -2.12. The van der Waals surface area contributed by atoms with Gasteiger partial charge in [0, 0.05) is 23.7 Å². The molecule has 1 amide bonds. The molecule has 5 nitrogen and oxygen atoms in total. The summed E-state index contributed by atoms with van der Waals surface area (Å²) in [4.78, 5) is 18.0. The first-order valence-corrected chi connectivity index (χ1v) is 8.45. The van der Waals surface area contributed by atoms with Crippen LogP contribution in [-0.4, -0.2) is 20.7 Å². The Kier molecular flexibility index (Phi) is 3.35. The zero-order valence-electron chi connectivity index (χ0n) is 13.6. The van der Waals surface area contributed by atoms with E-state index in [-0.39, 0.29) is 5.91 Å². The Morgan fingerprint density at radius 2 is 1.88 bits per heavy atom. The standard InChI is InChI=1S/C18H16N4OS/c1-10-4-7-12(8-5-10)17(23)20-16-15-14(22(3)21-16)13-9-6-11(2)19-18(13)24-15/h4-9H,1-3H3,(H,20,21,23). The Hall–Kier alpha value is -2.73. The van der Waals surface area contributed by atoms with E-state index in [1.807, 2.05) is 51.2 Å². The second kappa shape index (κ2) is 5.42. The fraction of sp³-hybridized carbons (Fsp3) is 0.167. The van der Waals surface area contributed by atoms with Crippen molar-refractivity contribution in [2.75, 3.05) is 5.32 Å². The number of anilines is 1. The van der Waals surface area contributed by atoms with Crippen LogP contribution in [0.2, 0.25) is 0 Å². The van der Waals surface area contributed by atoms with Crippen LogP contribution >= 0.6 is 11.3 Å². The number of nitrogens with one attached hydrogen (secondary N) is 1. The van der Waals surface area contributed by atoms with Crippen molar-refractivity contribution in [3.63, 3.8) is 0 Å². The molecule has 0 saturated heterocycles. The molecule has 1 aromatic carbocycles. The van der Waals surface area contributed by atoms with Gasteiger partial charge in [-0.3, -0.25) is 9.48 Å². The zero-order chi connectivity index (χ0) is 16.8. The molecule has 0 bridgehead atoms. The van der Waals surface area contributed by atoms with Gasteiger partial charge in [0.15, 0.2) is 5.82 Å². The fourth-order valence-corrected chi connectivity index (χ4v) is 3.94. The van der Waals surface area contributed by atoms with Crippen molar-refractivity contribution >= 4 is 43.5 Å². The lowest BCUT2D eigenvalue weighted by Gasteiger charge is -2.02. The molecule has 0 aliphatic heterocycles. The molecular formula is C18H16N4OS. The number of amides is 1. The lowest BCUT2D eigenvalue weighted by atomic mass is 10.1. The van der Waals surface area contributed by atoms with Crippen LogP contribution in [0.1, 0.15) is 21.6 Å². The van der Waals surface area contributed by atoms with Crippen molar-refractivity contribution in [2.24, 2.45) is 7.05 Å². The predicted octanol–water partition coefficient (Wildman–Crippen LogP) is 4.05. The van der Waals surface area contributed by atoms with E-state index < -0.39 is 0 Å². The molecule has 0 aliphatic carbocycles. The second-order valence-corrected chi connectivity index (χ2v) is 6.88. The fourth-order valence-electron chi connectivity index (χ4n) is 2.75. The van der Waals surface area contributed by atoms with Gasteiger partial charge in [0.1, 0.15) is 4.83 Å². The normalized spacial score (nSPS) is 11.3. The average molecular weight is 336 g/mol. The molecule has 1 N–H and O–H groups in total. The van der Waals surface area contributed by atoms with E-state index in [0.717, 1.165) is 31.7 Å². The van der Waals surface area contributed by atoms with Gasteiger partial charge in [-0.1, -0.05) is 17.7 Å². The monoisotopic (exact) mass is 336 g/mol. The van der Waals surface area contributed by atoms with Crippen molar-refractivity contribution < 1.29 is 4.79 Å². The van der Waals surface area contributed by atoms with Crippen molar-refractivity contribution in [1.29, 1.82) is 0 Å². The number of carbonyl (C=O) groups excluding carboxylic acids is 1. The van der Waals surface area contributed by atoms with Gasteiger partial charge >= 0.3 is 0 Å². The summed E-state index contributed by atoms with van der Waals surface area (Å²) in [5, 5.41) is 8.46. The Morgan fingerprint density at radius 3 is 2.62 bits per heavy atom. The maximum Gasteiger partial charge on any atom is 0.256 e. The van der Waals surface area contributed by atoms with E-state index in [1.165, 1.54) is 0 Å². The van der Waals surface area contributed by atoms with E-state index in [4.69, 9.17) is 0 Å². The summed E-state index contributed by atoms with van der Waals surface area (Å²) in [6, 6.07) is 11.5. The summed E-state index contributed by atoms with van der Waals surface area (Å²) in [6.07, 6.45) is 0. The van der Waals surface area contributed by atoms with Gasteiger partial charge < -0.3 is 5.32 Å². The van der Waals surface area contributed by atoms with Gasteiger partial charge in [0.25, 0.3) is 5.91 Å². The maximum absolute atomic E-state index is 12.5. The smallest absolute Gasteiger partial charge is 0.256 e. The van der Waals surface area contributed by atoms with Gasteiger partial charge in [-0.25, -0.2) is 4.98 Å². The minimum absolute atomic E-state index is 0.156. The van der Waals surface area contributed by atoms with Gasteiger partial charge in [0.2, 0.25) is 0 Å². The molecule has 24 heavy (non-hydrogen) atoms. The molecule has 4 rings (SSSR count). The van der Waals surface area contributed by atoms with Gasteiger partial charge in [-0.2, -0.15) is 5.10 Å². The molecule has 4 aromatic rings. The Bertz CT molecular complexity index is 1080. The molecule has 0 saturated carbocycles. The first-order chi connectivity index (χ1) is 11.5. The number of fused-ring (bicyclic) bond motifs is 3. The number of hydrogen-bond donors (Lipinski definition) is 1. The molecule has 0 unspecified atom stereocenters. The van der Waals surface area contributed by atoms with Crippen LogP contribution in [-0.2, 0) is 7.05 Å². The summed E-state index contributed by atoms with van der Waals surface area (Å²) in [7, 11) is 1.88. The zero-order valence-corrected chi connectivity index (χ0v) is 14.4. The maximum atomic E-state index is 12.5. The average Bonchev–Trinajstić information content (AvgIpc) is 3.06. The molecule has 3 heterocycles. The highest BCUT2D eigenvalue weighted by Gasteiger charge is 2.18. The van der Waals surface area contributed by atoms with Crippen LogP contribution in [0.25, 0.3) is 20.4 Å². The number of benzene rings is 1. The molecule has 3 aromatic heterocycles. The van der Waals surface area contributed by atoms with Crippen LogP contribution in [0.3, 0.4) is 0 Å². The summed E-state index contributed by atoms with van der Waals surface area (Å²) < 4.78 is 2.75. The number of hydrogen-bond acceptors (Lipinski definition) is 4. The third-order valence-corrected chi connectivity index (χ3v) is 5.10. The summed E-state index contributed by atoms with van der Waals surface area (Å²) in [5.41, 5.74) is 3.72. The third-order valence-electron chi connectivity index (χ3n) is 4.00. The first-order valence-electron chi connectivity index (χ1n) is 7.64. The summed E-state index contributed by atoms with van der Waals surface area (Å²) >= 11 is 1.55. The van der Waals surface area contributed by atoms with Crippen LogP contribution in [0.4, 0.5) is 5.82 Å². The first kappa shape index (κ1) is 14.8. The van der Waals surface area contributed by atoms with Crippen molar-refractivity contribution in [1.82, 2.24) is 14.8 Å².